The highest BCUT2D eigenvalue weighted by molar-refractivity contribution is 5.98. The van der Waals surface area contributed by atoms with E-state index in [1.54, 1.807) is 0 Å². The lowest BCUT2D eigenvalue weighted by atomic mass is 9.80. The molecule has 154 valence electrons. The molecule has 0 bridgehead atoms. The highest BCUT2D eigenvalue weighted by atomic mass is 16.5. The Kier molecular flexibility index (Phi) is 4.70. The van der Waals surface area contributed by atoms with Crippen LogP contribution in [0.2, 0.25) is 0 Å². The van der Waals surface area contributed by atoms with Crippen LogP contribution in [-0.4, -0.2) is 41.5 Å². The van der Waals surface area contributed by atoms with Crippen LogP contribution in [0.25, 0.3) is 10.9 Å². The summed E-state index contributed by atoms with van der Waals surface area (Å²) in [6, 6.07) is 17.9. The molecular weight excluding hydrogens is 374 g/mol. The average molecular weight is 402 g/mol. The lowest BCUT2D eigenvalue weighted by Crippen LogP contribution is -2.51. The van der Waals surface area contributed by atoms with Gasteiger partial charge in [-0.05, 0) is 45.0 Å². The van der Waals surface area contributed by atoms with Crippen molar-refractivity contribution in [2.24, 2.45) is 0 Å². The summed E-state index contributed by atoms with van der Waals surface area (Å²) >= 11 is 0. The summed E-state index contributed by atoms with van der Waals surface area (Å²) in [5.41, 5.74) is 3.14. The molecule has 2 aliphatic rings. The van der Waals surface area contributed by atoms with E-state index in [-0.39, 0.29) is 17.6 Å². The van der Waals surface area contributed by atoms with Crippen LogP contribution in [0.4, 0.5) is 0 Å². The van der Waals surface area contributed by atoms with Gasteiger partial charge in [-0.1, -0.05) is 36.4 Å². The van der Waals surface area contributed by atoms with Crippen molar-refractivity contribution in [1.82, 2.24) is 15.2 Å². The molecule has 3 aromatic rings. The molecule has 1 aromatic heterocycles. The number of rotatable bonds is 2. The van der Waals surface area contributed by atoms with Gasteiger partial charge in [0.15, 0.2) is 0 Å². The van der Waals surface area contributed by atoms with Crippen molar-refractivity contribution in [3.63, 3.8) is 0 Å². The number of ether oxygens (including phenoxy) is 1. The summed E-state index contributed by atoms with van der Waals surface area (Å²) in [5.74, 6) is 0.822. The third kappa shape index (κ3) is 3.43. The second kappa shape index (κ2) is 7.40. The van der Waals surface area contributed by atoms with E-state index < -0.39 is 0 Å². The van der Waals surface area contributed by atoms with Gasteiger partial charge in [0, 0.05) is 30.5 Å². The standard InChI is InChI=1S/C25H27N3O2/c1-17-20(15-18-7-3-5-9-21(18)26-17)24(29)27-22-16-25(11-13-28(2)14-12-25)30-23-10-6-4-8-19(22)23/h3-10,15,22H,11-14,16H2,1-2H3,(H,27,29). The number of para-hydroxylation sites is 2. The van der Waals surface area contributed by atoms with Crippen LogP contribution in [-0.2, 0) is 0 Å². The smallest absolute Gasteiger partial charge is 0.253 e. The zero-order valence-corrected chi connectivity index (χ0v) is 17.5. The van der Waals surface area contributed by atoms with Crippen LogP contribution in [0.5, 0.6) is 5.75 Å². The molecule has 0 saturated carbocycles. The number of hydrogen-bond donors (Lipinski definition) is 1. The Bertz CT molecular complexity index is 1100. The zero-order valence-electron chi connectivity index (χ0n) is 17.5. The first-order valence-corrected chi connectivity index (χ1v) is 10.7. The van der Waals surface area contributed by atoms with Crippen LogP contribution in [0, 0.1) is 6.92 Å². The number of fused-ring (bicyclic) bond motifs is 2. The number of carbonyl (C=O) groups excluding carboxylic acids is 1. The van der Waals surface area contributed by atoms with E-state index in [2.05, 4.69) is 28.3 Å². The zero-order chi connectivity index (χ0) is 20.7. The first kappa shape index (κ1) is 19.1. The molecule has 3 heterocycles. The summed E-state index contributed by atoms with van der Waals surface area (Å²) in [5, 5.41) is 4.29. The Hall–Kier alpha value is -2.92. The maximum absolute atomic E-state index is 13.3. The lowest BCUT2D eigenvalue weighted by Gasteiger charge is -2.46. The molecule has 2 aliphatic heterocycles. The fourth-order valence-corrected chi connectivity index (χ4v) is 4.76. The number of pyridine rings is 1. The molecule has 1 amide bonds. The van der Waals surface area contributed by atoms with Crippen molar-refractivity contribution in [3.8, 4) is 5.75 Å². The maximum atomic E-state index is 13.3. The first-order valence-electron chi connectivity index (χ1n) is 10.7. The minimum absolute atomic E-state index is 0.0725. The Morgan fingerprint density at radius 3 is 2.70 bits per heavy atom. The predicted molar refractivity (Wildman–Crippen MR) is 118 cm³/mol. The Balaban J connectivity index is 1.46. The molecule has 1 saturated heterocycles. The van der Waals surface area contributed by atoms with E-state index in [9.17, 15) is 4.79 Å². The number of piperidine rings is 1. The molecular formula is C25H27N3O2. The molecule has 5 rings (SSSR count). The van der Waals surface area contributed by atoms with Crippen LogP contribution in [0.1, 0.15) is 46.9 Å². The largest absolute Gasteiger partial charge is 0.487 e. The van der Waals surface area contributed by atoms with Crippen molar-refractivity contribution in [2.75, 3.05) is 20.1 Å². The number of nitrogens with one attached hydrogen (secondary N) is 1. The summed E-state index contributed by atoms with van der Waals surface area (Å²) in [4.78, 5) is 20.3. The second-order valence-corrected chi connectivity index (χ2v) is 8.67. The predicted octanol–water partition coefficient (Wildman–Crippen LogP) is 4.26. The highest BCUT2D eigenvalue weighted by Gasteiger charge is 2.43. The van der Waals surface area contributed by atoms with E-state index in [1.165, 1.54) is 0 Å². The van der Waals surface area contributed by atoms with Crippen molar-refractivity contribution in [1.29, 1.82) is 0 Å². The molecule has 2 aromatic carbocycles. The van der Waals surface area contributed by atoms with Crippen LogP contribution >= 0.6 is 0 Å². The van der Waals surface area contributed by atoms with Gasteiger partial charge in [0.1, 0.15) is 11.4 Å². The molecule has 1 spiro atoms. The van der Waals surface area contributed by atoms with E-state index in [0.29, 0.717) is 5.56 Å². The minimum Gasteiger partial charge on any atom is -0.487 e. The molecule has 5 heteroatoms. The number of aromatic nitrogens is 1. The Morgan fingerprint density at radius 1 is 1.13 bits per heavy atom. The fourth-order valence-electron chi connectivity index (χ4n) is 4.76. The van der Waals surface area contributed by atoms with E-state index in [1.807, 2.05) is 55.5 Å². The van der Waals surface area contributed by atoms with Crippen LogP contribution < -0.4 is 10.1 Å². The number of likely N-dealkylation sites (tertiary alicyclic amines) is 1. The molecule has 0 radical (unpaired) electrons. The summed E-state index contributed by atoms with van der Waals surface area (Å²) in [6.45, 7) is 3.92. The number of hydrogen-bond acceptors (Lipinski definition) is 4. The number of nitrogens with zero attached hydrogens (tertiary/aromatic N) is 2. The van der Waals surface area contributed by atoms with Gasteiger partial charge < -0.3 is 15.0 Å². The first-order chi connectivity index (χ1) is 14.5. The van der Waals surface area contributed by atoms with Gasteiger partial charge in [-0.2, -0.15) is 0 Å². The fraction of sp³-hybridized carbons (Fsp3) is 0.360. The molecule has 5 nitrogen and oxygen atoms in total. The van der Waals surface area contributed by atoms with Gasteiger partial charge >= 0.3 is 0 Å². The van der Waals surface area contributed by atoms with E-state index in [0.717, 1.165) is 60.3 Å². The Labute approximate surface area is 177 Å². The number of carbonyl (C=O) groups is 1. The minimum atomic E-state index is -0.213. The number of amides is 1. The van der Waals surface area contributed by atoms with E-state index in [4.69, 9.17) is 4.74 Å². The molecule has 1 fully saturated rings. The van der Waals surface area contributed by atoms with E-state index >= 15 is 0 Å². The van der Waals surface area contributed by atoms with Crippen LogP contribution in [0.3, 0.4) is 0 Å². The van der Waals surface area contributed by atoms with Crippen molar-refractivity contribution in [3.05, 3.63) is 71.4 Å². The third-order valence-corrected chi connectivity index (χ3v) is 6.56. The lowest BCUT2D eigenvalue weighted by molar-refractivity contribution is -0.0195. The number of aryl methyl sites for hydroxylation is 1. The molecule has 1 N–H and O–H groups in total. The monoisotopic (exact) mass is 401 g/mol. The van der Waals surface area contributed by atoms with Gasteiger partial charge in [-0.3, -0.25) is 9.78 Å². The third-order valence-electron chi connectivity index (χ3n) is 6.56. The van der Waals surface area contributed by atoms with Gasteiger partial charge in [0.2, 0.25) is 0 Å². The SMILES string of the molecule is Cc1nc2ccccc2cc1C(=O)NC1CC2(CCN(C)CC2)Oc2ccccc21. The van der Waals surface area contributed by atoms with Gasteiger partial charge in [0.25, 0.3) is 5.91 Å². The molecule has 1 atom stereocenters. The topological polar surface area (TPSA) is 54.5 Å². The number of benzene rings is 2. The maximum Gasteiger partial charge on any atom is 0.253 e. The van der Waals surface area contributed by atoms with Crippen LogP contribution in [0.15, 0.2) is 54.6 Å². The van der Waals surface area contributed by atoms with Gasteiger partial charge in [0.05, 0.1) is 22.8 Å². The second-order valence-electron chi connectivity index (χ2n) is 8.67. The molecule has 1 unspecified atom stereocenters. The van der Waals surface area contributed by atoms with Gasteiger partial charge in [-0.25, -0.2) is 0 Å². The van der Waals surface area contributed by atoms with Crippen molar-refractivity contribution in [2.45, 2.75) is 37.8 Å². The summed E-state index contributed by atoms with van der Waals surface area (Å²) in [6.07, 6.45) is 2.74. The normalized spacial score (nSPS) is 20.5. The molecule has 30 heavy (non-hydrogen) atoms. The molecule has 0 aliphatic carbocycles. The van der Waals surface area contributed by atoms with Gasteiger partial charge in [-0.15, -0.1) is 0 Å². The highest BCUT2D eigenvalue weighted by Crippen LogP contribution is 2.44. The quantitative estimate of drug-likeness (QED) is 0.697. The Morgan fingerprint density at radius 2 is 1.87 bits per heavy atom. The summed E-state index contributed by atoms with van der Waals surface area (Å²) in [7, 11) is 2.15. The summed E-state index contributed by atoms with van der Waals surface area (Å²) < 4.78 is 6.52. The average Bonchev–Trinajstić information content (AvgIpc) is 2.75. The van der Waals surface area contributed by atoms with Crippen molar-refractivity contribution >= 4 is 16.8 Å². The van der Waals surface area contributed by atoms with Crippen molar-refractivity contribution < 1.29 is 9.53 Å².